The van der Waals surface area contributed by atoms with E-state index >= 15 is 0 Å². The monoisotopic (exact) mass is 920 g/mol. The molecular formula is C47H36O20. The zero-order chi connectivity index (χ0) is 49.2. The van der Waals surface area contributed by atoms with Gasteiger partial charge in [0.2, 0.25) is 0 Å². The van der Waals surface area contributed by atoms with Crippen molar-refractivity contribution in [2.45, 2.75) is 38.3 Å². The van der Waals surface area contributed by atoms with Crippen LogP contribution in [-0.2, 0) is 0 Å². The summed E-state index contributed by atoms with van der Waals surface area (Å²) in [7, 11) is 0. The van der Waals surface area contributed by atoms with Crippen LogP contribution in [0.1, 0.15) is 110 Å². The Hall–Kier alpha value is -9.20. The number of rotatable bonds is 18. The van der Waals surface area contributed by atoms with Crippen molar-refractivity contribution in [3.8, 4) is 23.0 Å². The van der Waals surface area contributed by atoms with E-state index in [4.69, 9.17) is 18.9 Å². The summed E-state index contributed by atoms with van der Waals surface area (Å²) >= 11 is 0. The van der Waals surface area contributed by atoms with Gasteiger partial charge in [0.05, 0.1) is 44.5 Å². The molecule has 6 rings (SSSR count). The standard InChI is InChI=1S/C47H36O20/c1-45(2,23-11-15-46(16-12-23,64-25-3-7-29(37(48)49)33(19-25)41(56)57)65-26-4-8-30(38(50)51)34(20-26)42(58)59)24-13-17-47(18-14-24,66-27-5-9-31(39(52)53)35(21-27)43(60)61)67-28-6-10-32(40(54)55)36(22-28)44(62)63/h3-15,17,19-22H,16,18H2,1-2H3,(H,48,49)(H,50,51)(H,52,53)(H,54,55)(H,56,57)(H,58,59)(H,60,61)(H,62,63). The van der Waals surface area contributed by atoms with E-state index in [1.807, 2.05) is 13.8 Å². The minimum absolute atomic E-state index is 0.167. The number of carboxylic acids is 8. The largest absolute Gasteiger partial charge is 0.478 e. The van der Waals surface area contributed by atoms with E-state index in [1.54, 1.807) is 24.3 Å². The topological polar surface area (TPSA) is 335 Å². The molecule has 0 fully saturated rings. The Balaban J connectivity index is 1.36. The summed E-state index contributed by atoms with van der Waals surface area (Å²) < 4.78 is 24.8. The molecule has 2 aliphatic rings. The second kappa shape index (κ2) is 18.1. The summed E-state index contributed by atoms with van der Waals surface area (Å²) in [5.74, 6) is -16.8. The zero-order valence-corrected chi connectivity index (χ0v) is 34.8. The molecule has 0 radical (unpaired) electrons. The molecule has 0 aromatic heterocycles. The molecule has 0 unspecified atom stereocenters. The summed E-state index contributed by atoms with van der Waals surface area (Å²) in [6.45, 7) is 3.65. The number of hydrogen-bond donors (Lipinski definition) is 8. The van der Waals surface area contributed by atoms with Crippen LogP contribution in [0.2, 0.25) is 0 Å². The maximum atomic E-state index is 12.0. The average molecular weight is 921 g/mol. The molecule has 0 amide bonds. The van der Waals surface area contributed by atoms with Gasteiger partial charge in [-0.25, -0.2) is 38.4 Å². The van der Waals surface area contributed by atoms with Crippen LogP contribution in [0, 0.1) is 5.41 Å². The van der Waals surface area contributed by atoms with Gasteiger partial charge in [-0.1, -0.05) is 38.2 Å². The van der Waals surface area contributed by atoms with Gasteiger partial charge in [-0.05, 0) is 83.9 Å². The number of carbonyl (C=O) groups is 8. The fourth-order valence-corrected chi connectivity index (χ4v) is 7.25. The number of allylic oxidation sites excluding steroid dienone is 4. The number of benzene rings is 4. The molecule has 0 spiro atoms. The highest BCUT2D eigenvalue weighted by atomic mass is 16.7. The van der Waals surface area contributed by atoms with Crippen molar-refractivity contribution in [2.24, 2.45) is 5.41 Å². The van der Waals surface area contributed by atoms with E-state index in [9.17, 15) is 79.2 Å². The summed E-state index contributed by atoms with van der Waals surface area (Å²) in [6.07, 6.45) is 9.09. The van der Waals surface area contributed by atoms with Crippen molar-refractivity contribution in [3.05, 3.63) is 165 Å². The first-order valence-electron chi connectivity index (χ1n) is 19.4. The molecule has 0 saturated heterocycles. The Labute approximate surface area is 376 Å². The van der Waals surface area contributed by atoms with Gasteiger partial charge >= 0.3 is 47.8 Å². The van der Waals surface area contributed by atoms with Gasteiger partial charge in [-0.3, -0.25) is 0 Å². The van der Waals surface area contributed by atoms with Crippen LogP contribution in [0.5, 0.6) is 23.0 Å². The minimum atomic E-state index is -1.88. The van der Waals surface area contributed by atoms with Crippen molar-refractivity contribution in [2.75, 3.05) is 0 Å². The summed E-state index contributed by atoms with van der Waals surface area (Å²) in [4.78, 5) is 95.1. The van der Waals surface area contributed by atoms with Crippen LogP contribution in [0.25, 0.3) is 0 Å². The first kappa shape index (κ1) is 47.3. The van der Waals surface area contributed by atoms with Crippen molar-refractivity contribution >= 4 is 47.8 Å². The Kier molecular flexibility index (Phi) is 12.8. The fourth-order valence-electron chi connectivity index (χ4n) is 7.25. The maximum Gasteiger partial charge on any atom is 0.336 e. The van der Waals surface area contributed by atoms with Gasteiger partial charge in [0.25, 0.3) is 11.6 Å². The first-order valence-corrected chi connectivity index (χ1v) is 19.4. The third-order valence-corrected chi connectivity index (χ3v) is 10.7. The van der Waals surface area contributed by atoms with Gasteiger partial charge in [0.15, 0.2) is 0 Å². The van der Waals surface area contributed by atoms with Gasteiger partial charge in [-0.2, -0.15) is 0 Å². The molecule has 20 heteroatoms. The highest BCUT2D eigenvalue weighted by Crippen LogP contribution is 2.44. The molecule has 0 aliphatic heterocycles. The van der Waals surface area contributed by atoms with Crippen LogP contribution in [-0.4, -0.2) is 100 Å². The Bertz CT molecular complexity index is 2580. The fraction of sp³-hybridized carbons (Fsp3) is 0.149. The van der Waals surface area contributed by atoms with Crippen LogP contribution in [0.3, 0.4) is 0 Å². The second-order valence-corrected chi connectivity index (χ2v) is 15.3. The van der Waals surface area contributed by atoms with E-state index in [0.29, 0.717) is 11.1 Å². The van der Waals surface area contributed by atoms with Crippen LogP contribution < -0.4 is 18.9 Å². The lowest BCUT2D eigenvalue weighted by molar-refractivity contribution is -0.0695. The number of hydrogen-bond acceptors (Lipinski definition) is 12. The minimum Gasteiger partial charge on any atom is -0.478 e. The molecule has 0 bridgehead atoms. The van der Waals surface area contributed by atoms with Gasteiger partial charge in [-0.15, -0.1) is 0 Å². The molecule has 4 aromatic rings. The van der Waals surface area contributed by atoms with Crippen LogP contribution >= 0.6 is 0 Å². The van der Waals surface area contributed by atoms with E-state index in [2.05, 4.69) is 0 Å². The maximum absolute atomic E-state index is 12.0. The van der Waals surface area contributed by atoms with Gasteiger partial charge in [0, 0.05) is 30.4 Å². The second-order valence-electron chi connectivity index (χ2n) is 15.3. The molecule has 4 aromatic carbocycles. The Morgan fingerprint density at radius 2 is 0.612 bits per heavy atom. The highest BCUT2D eigenvalue weighted by Gasteiger charge is 2.41. The lowest BCUT2D eigenvalue weighted by Gasteiger charge is -2.39. The molecule has 344 valence electrons. The third-order valence-electron chi connectivity index (χ3n) is 10.7. The van der Waals surface area contributed by atoms with Crippen molar-refractivity contribution in [1.29, 1.82) is 0 Å². The van der Waals surface area contributed by atoms with Crippen molar-refractivity contribution in [3.63, 3.8) is 0 Å². The van der Waals surface area contributed by atoms with Gasteiger partial charge < -0.3 is 59.8 Å². The molecule has 0 atom stereocenters. The lowest BCUT2D eigenvalue weighted by Crippen LogP contribution is -2.43. The summed E-state index contributed by atoms with van der Waals surface area (Å²) in [5, 5.41) is 77.2. The van der Waals surface area contributed by atoms with Gasteiger partial charge in [0.1, 0.15) is 23.0 Å². The number of carboxylic acid groups (broad SMARTS) is 8. The predicted molar refractivity (Wildman–Crippen MR) is 227 cm³/mol. The molecule has 8 N–H and O–H groups in total. The predicted octanol–water partition coefficient (Wildman–Crippen LogP) is 7.08. The Morgan fingerprint density at radius 3 is 0.791 bits per heavy atom. The quantitative estimate of drug-likeness (QED) is 0.0462. The van der Waals surface area contributed by atoms with Crippen molar-refractivity contribution in [1.82, 2.24) is 0 Å². The van der Waals surface area contributed by atoms with Crippen molar-refractivity contribution < 1.29 is 98.2 Å². The van der Waals surface area contributed by atoms with E-state index < -0.39 is 109 Å². The molecule has 20 nitrogen and oxygen atoms in total. The summed E-state index contributed by atoms with van der Waals surface area (Å²) in [5.41, 5.74) is -4.29. The third kappa shape index (κ3) is 9.97. The molecule has 0 heterocycles. The normalized spacial score (nSPS) is 14.7. The molecule has 2 aliphatic carbocycles. The van der Waals surface area contributed by atoms with E-state index in [-0.39, 0.29) is 35.8 Å². The molecule has 67 heavy (non-hydrogen) atoms. The summed E-state index contributed by atoms with van der Waals surface area (Å²) in [6, 6.07) is 12.7. The van der Waals surface area contributed by atoms with Crippen LogP contribution in [0.4, 0.5) is 0 Å². The number of aromatic carboxylic acids is 8. The number of ether oxygens (including phenoxy) is 4. The van der Waals surface area contributed by atoms with E-state index in [1.165, 1.54) is 36.4 Å². The molecular weight excluding hydrogens is 884 g/mol. The van der Waals surface area contributed by atoms with E-state index in [0.717, 1.165) is 48.5 Å². The average Bonchev–Trinajstić information content (AvgIpc) is 3.26. The molecule has 0 saturated carbocycles. The highest BCUT2D eigenvalue weighted by molar-refractivity contribution is 6.04. The SMILES string of the molecule is CC(C)(C1=CCC(Oc2ccc(C(=O)O)c(C(=O)O)c2)(Oc2ccc(C(=O)O)c(C(=O)O)c2)C=C1)C1=CCC(Oc2ccc(C(=O)O)c(C(=O)O)c2)(Oc2ccc(C(=O)O)c(C(=O)O)c2)C=C1. The van der Waals surface area contributed by atoms with Crippen LogP contribution in [0.15, 0.2) is 120 Å². The lowest BCUT2D eigenvalue weighted by atomic mass is 9.73. The Morgan fingerprint density at radius 1 is 0.388 bits per heavy atom. The first-order chi connectivity index (χ1) is 31.4. The zero-order valence-electron chi connectivity index (χ0n) is 34.8. The smallest absolute Gasteiger partial charge is 0.336 e.